The van der Waals surface area contributed by atoms with Crippen LogP contribution in [0.4, 0.5) is 0 Å². The highest BCUT2D eigenvalue weighted by molar-refractivity contribution is 7.09. The number of thiazole rings is 1. The van der Waals surface area contributed by atoms with Crippen LogP contribution in [0.25, 0.3) is 0 Å². The fourth-order valence-electron chi connectivity index (χ4n) is 2.64. The van der Waals surface area contributed by atoms with Crippen molar-refractivity contribution in [2.45, 2.75) is 33.7 Å². The number of rotatable bonds is 8. The molecular weight excluding hydrogens is 348 g/mol. The number of carbonyl (C=O) groups is 2. The van der Waals surface area contributed by atoms with Crippen LogP contribution < -0.4 is 0 Å². The fraction of sp³-hybridized carbons (Fsp3) is 0.450. The number of hydrogen-bond donors (Lipinski definition) is 0. The molecule has 0 radical (unpaired) electrons. The lowest BCUT2D eigenvalue weighted by atomic mass is 10.1. The summed E-state index contributed by atoms with van der Waals surface area (Å²) in [6.45, 7) is 6.74. The first-order valence-corrected chi connectivity index (χ1v) is 9.64. The quantitative estimate of drug-likeness (QED) is 0.660. The zero-order chi connectivity index (χ0) is 19.1. The summed E-state index contributed by atoms with van der Waals surface area (Å²) in [5, 5.41) is 2.77. The molecule has 0 N–H and O–H groups in total. The number of amides is 1. The Kier molecular flexibility index (Phi) is 7.33. The number of methoxy groups -OCH3 is 1. The Morgan fingerprint density at radius 2 is 1.88 bits per heavy atom. The van der Waals surface area contributed by atoms with Gasteiger partial charge in [-0.25, -0.2) is 4.98 Å². The second-order valence-electron chi connectivity index (χ2n) is 6.82. The van der Waals surface area contributed by atoms with Crippen molar-refractivity contribution < 1.29 is 14.3 Å². The van der Waals surface area contributed by atoms with Gasteiger partial charge in [0.2, 0.25) is 0 Å². The minimum atomic E-state index is -0.401. The predicted molar refractivity (Wildman–Crippen MR) is 103 cm³/mol. The summed E-state index contributed by atoms with van der Waals surface area (Å²) < 4.78 is 4.81. The van der Waals surface area contributed by atoms with E-state index in [9.17, 15) is 9.59 Å². The van der Waals surface area contributed by atoms with Crippen LogP contribution in [0, 0.1) is 11.8 Å². The minimum Gasteiger partial charge on any atom is -0.469 e. The lowest BCUT2D eigenvalue weighted by molar-refractivity contribution is -0.145. The van der Waals surface area contributed by atoms with Crippen LogP contribution in [-0.2, 0) is 22.5 Å². The van der Waals surface area contributed by atoms with Gasteiger partial charge in [-0.05, 0) is 11.5 Å². The van der Waals surface area contributed by atoms with E-state index in [0.717, 1.165) is 17.0 Å². The van der Waals surface area contributed by atoms with Crippen LogP contribution >= 0.6 is 11.3 Å². The van der Waals surface area contributed by atoms with E-state index < -0.39 is 5.92 Å². The van der Waals surface area contributed by atoms with E-state index in [1.807, 2.05) is 30.3 Å². The first kappa shape index (κ1) is 20.1. The molecule has 0 spiro atoms. The Hall–Kier alpha value is -2.21. The average Bonchev–Trinajstić information content (AvgIpc) is 3.08. The SMILES string of the molecule is COC(=O)C(C)CN(Cc1ccccc1)C(=O)c1csc(CC(C)C)n1. The van der Waals surface area contributed by atoms with Gasteiger partial charge in [-0.3, -0.25) is 9.59 Å². The first-order valence-electron chi connectivity index (χ1n) is 8.76. The summed E-state index contributed by atoms with van der Waals surface area (Å²) in [6, 6.07) is 9.74. The number of ether oxygens (including phenoxy) is 1. The number of esters is 1. The van der Waals surface area contributed by atoms with Gasteiger partial charge in [0.15, 0.2) is 0 Å². The molecule has 2 rings (SSSR count). The van der Waals surface area contributed by atoms with E-state index in [1.54, 1.807) is 17.2 Å². The van der Waals surface area contributed by atoms with E-state index >= 15 is 0 Å². The lowest BCUT2D eigenvalue weighted by Gasteiger charge is -2.24. The summed E-state index contributed by atoms with van der Waals surface area (Å²) in [4.78, 5) is 31.0. The highest BCUT2D eigenvalue weighted by atomic mass is 32.1. The molecule has 140 valence electrons. The molecule has 1 amide bonds. The number of hydrogen-bond acceptors (Lipinski definition) is 5. The lowest BCUT2D eigenvalue weighted by Crippen LogP contribution is -2.37. The van der Waals surface area contributed by atoms with Crippen LogP contribution in [0.2, 0.25) is 0 Å². The highest BCUT2D eigenvalue weighted by Crippen LogP contribution is 2.18. The van der Waals surface area contributed by atoms with Crippen molar-refractivity contribution in [2.24, 2.45) is 11.8 Å². The molecule has 1 aromatic heterocycles. The van der Waals surface area contributed by atoms with E-state index in [-0.39, 0.29) is 18.4 Å². The van der Waals surface area contributed by atoms with Gasteiger partial charge in [0, 0.05) is 24.9 Å². The summed E-state index contributed by atoms with van der Waals surface area (Å²) in [6.07, 6.45) is 0.856. The summed E-state index contributed by atoms with van der Waals surface area (Å²) in [7, 11) is 1.36. The van der Waals surface area contributed by atoms with E-state index in [2.05, 4.69) is 18.8 Å². The van der Waals surface area contributed by atoms with Gasteiger partial charge in [0.1, 0.15) is 5.69 Å². The third-order valence-corrected chi connectivity index (χ3v) is 4.83. The Labute approximate surface area is 159 Å². The molecule has 1 unspecified atom stereocenters. The normalized spacial score (nSPS) is 12.0. The summed E-state index contributed by atoms with van der Waals surface area (Å²) in [5.74, 6) is -0.393. The van der Waals surface area contributed by atoms with Crippen molar-refractivity contribution in [1.82, 2.24) is 9.88 Å². The molecular formula is C20H26N2O3S. The predicted octanol–water partition coefficient (Wildman–Crippen LogP) is 3.79. The molecule has 1 aromatic carbocycles. The van der Waals surface area contributed by atoms with Crippen LogP contribution in [0.5, 0.6) is 0 Å². The molecule has 2 aromatic rings. The molecule has 0 fully saturated rings. The zero-order valence-corrected chi connectivity index (χ0v) is 16.6. The van der Waals surface area contributed by atoms with Crippen molar-refractivity contribution in [3.05, 3.63) is 52.0 Å². The number of nitrogens with zero attached hydrogens (tertiary/aromatic N) is 2. The molecule has 0 aliphatic heterocycles. The van der Waals surface area contributed by atoms with Crippen molar-refractivity contribution in [3.63, 3.8) is 0 Å². The van der Waals surface area contributed by atoms with Gasteiger partial charge in [-0.2, -0.15) is 0 Å². The average molecular weight is 375 g/mol. The monoisotopic (exact) mass is 374 g/mol. The topological polar surface area (TPSA) is 59.5 Å². The van der Waals surface area contributed by atoms with E-state index in [1.165, 1.54) is 18.4 Å². The van der Waals surface area contributed by atoms with Crippen molar-refractivity contribution in [3.8, 4) is 0 Å². The van der Waals surface area contributed by atoms with Crippen molar-refractivity contribution in [2.75, 3.05) is 13.7 Å². The van der Waals surface area contributed by atoms with Crippen LogP contribution in [0.3, 0.4) is 0 Å². The maximum absolute atomic E-state index is 13.0. The molecule has 5 nitrogen and oxygen atoms in total. The van der Waals surface area contributed by atoms with Gasteiger partial charge in [-0.1, -0.05) is 51.1 Å². The van der Waals surface area contributed by atoms with Gasteiger partial charge in [0.25, 0.3) is 5.91 Å². The molecule has 26 heavy (non-hydrogen) atoms. The molecule has 1 heterocycles. The number of carbonyl (C=O) groups excluding carboxylic acids is 2. The summed E-state index contributed by atoms with van der Waals surface area (Å²) in [5.41, 5.74) is 1.45. The van der Waals surface area contributed by atoms with Gasteiger partial charge >= 0.3 is 5.97 Å². The van der Waals surface area contributed by atoms with E-state index in [4.69, 9.17) is 4.74 Å². The standard InChI is InChI=1S/C20H26N2O3S/c1-14(2)10-18-21-17(13-26-18)19(23)22(11-15(3)20(24)25-4)12-16-8-6-5-7-9-16/h5-9,13-15H,10-12H2,1-4H3. The third-order valence-electron chi connectivity index (χ3n) is 3.96. The van der Waals surface area contributed by atoms with Gasteiger partial charge in [-0.15, -0.1) is 11.3 Å². The molecule has 0 bridgehead atoms. The van der Waals surface area contributed by atoms with E-state index in [0.29, 0.717) is 18.2 Å². The van der Waals surface area contributed by atoms with Gasteiger partial charge < -0.3 is 9.64 Å². The molecule has 0 saturated heterocycles. The molecule has 0 aliphatic carbocycles. The molecule has 1 atom stereocenters. The maximum Gasteiger partial charge on any atom is 0.310 e. The fourth-order valence-corrected chi connectivity index (χ4v) is 3.63. The Morgan fingerprint density at radius 1 is 1.19 bits per heavy atom. The second-order valence-corrected chi connectivity index (χ2v) is 7.76. The Balaban J connectivity index is 2.19. The van der Waals surface area contributed by atoms with Gasteiger partial charge in [0.05, 0.1) is 18.0 Å². The number of aromatic nitrogens is 1. The van der Waals surface area contributed by atoms with Crippen LogP contribution in [0.1, 0.15) is 41.8 Å². The van der Waals surface area contributed by atoms with Crippen molar-refractivity contribution in [1.29, 1.82) is 0 Å². The smallest absolute Gasteiger partial charge is 0.310 e. The largest absolute Gasteiger partial charge is 0.469 e. The first-order chi connectivity index (χ1) is 12.4. The van der Waals surface area contributed by atoms with Crippen LogP contribution in [-0.4, -0.2) is 35.4 Å². The van der Waals surface area contributed by atoms with Crippen molar-refractivity contribution >= 4 is 23.2 Å². The minimum absolute atomic E-state index is 0.157. The summed E-state index contributed by atoms with van der Waals surface area (Å²) >= 11 is 1.51. The highest BCUT2D eigenvalue weighted by Gasteiger charge is 2.24. The maximum atomic E-state index is 13.0. The Morgan fingerprint density at radius 3 is 2.50 bits per heavy atom. The molecule has 0 aliphatic rings. The Bertz CT molecular complexity index is 728. The second kappa shape index (κ2) is 9.48. The molecule has 0 saturated carbocycles. The van der Waals surface area contributed by atoms with Crippen LogP contribution in [0.15, 0.2) is 35.7 Å². The number of benzene rings is 1. The molecule has 6 heteroatoms. The third kappa shape index (κ3) is 5.66. The zero-order valence-electron chi connectivity index (χ0n) is 15.8.